The summed E-state index contributed by atoms with van der Waals surface area (Å²) < 4.78 is 0. The number of aliphatic hydroxyl groups excluding tert-OH is 1. The van der Waals surface area contributed by atoms with Crippen molar-refractivity contribution in [1.82, 2.24) is 0 Å². The Labute approximate surface area is 116 Å². The van der Waals surface area contributed by atoms with Gasteiger partial charge in [-0.1, -0.05) is 24.1 Å². The second-order valence-electron chi connectivity index (χ2n) is 5.52. The van der Waals surface area contributed by atoms with Gasteiger partial charge in [0.05, 0.1) is 12.1 Å². The first-order chi connectivity index (χ1) is 8.00. The predicted octanol–water partition coefficient (Wildman–Crippen LogP) is 3.19. The van der Waals surface area contributed by atoms with Crippen LogP contribution in [0.1, 0.15) is 47.6 Å². The highest BCUT2D eigenvalue weighted by molar-refractivity contribution is 5.85. The molecule has 2 atom stereocenters. The maximum Gasteiger partial charge on any atom is 0.0761 e. The van der Waals surface area contributed by atoms with Gasteiger partial charge in [0.1, 0.15) is 0 Å². The average Bonchev–Trinajstić information content (AvgIpc) is 2.12. The van der Waals surface area contributed by atoms with Gasteiger partial charge in [0.15, 0.2) is 0 Å². The van der Waals surface area contributed by atoms with Crippen LogP contribution in [-0.4, -0.2) is 11.2 Å². The largest absolute Gasteiger partial charge is 0.391 e. The summed E-state index contributed by atoms with van der Waals surface area (Å²) in [6.07, 6.45) is 3.10. The number of hydrogen-bond donors (Lipinski definition) is 2. The van der Waals surface area contributed by atoms with Gasteiger partial charge in [-0.05, 0) is 56.2 Å². The molecule has 1 aliphatic rings. The van der Waals surface area contributed by atoms with Crippen molar-refractivity contribution < 1.29 is 5.11 Å². The standard InChI is InChI=1S/C15H23NO.ClH/c1-9-7-10(2)13(11(3)8-9)14(16)15(17)12-5-4-6-12;/h7-8,12,14-15,17H,4-6,16H2,1-3H3;1H/t14-,15+;/m0./s1. The second-order valence-corrected chi connectivity index (χ2v) is 5.52. The fourth-order valence-corrected chi connectivity index (χ4v) is 2.96. The molecule has 3 N–H and O–H groups in total. The first kappa shape index (κ1) is 15.5. The van der Waals surface area contributed by atoms with Crippen LogP contribution in [0.3, 0.4) is 0 Å². The van der Waals surface area contributed by atoms with Crippen molar-refractivity contribution in [2.75, 3.05) is 0 Å². The molecule has 2 nitrogen and oxygen atoms in total. The van der Waals surface area contributed by atoms with Gasteiger partial charge in [0.25, 0.3) is 0 Å². The van der Waals surface area contributed by atoms with Crippen molar-refractivity contribution in [3.8, 4) is 0 Å². The monoisotopic (exact) mass is 269 g/mol. The first-order valence-corrected chi connectivity index (χ1v) is 6.52. The van der Waals surface area contributed by atoms with Crippen molar-refractivity contribution in [3.05, 3.63) is 34.4 Å². The van der Waals surface area contributed by atoms with E-state index in [9.17, 15) is 5.11 Å². The molecule has 0 aromatic heterocycles. The number of hydrogen-bond acceptors (Lipinski definition) is 2. The quantitative estimate of drug-likeness (QED) is 0.885. The lowest BCUT2D eigenvalue weighted by Gasteiger charge is -2.34. The molecule has 102 valence electrons. The lowest BCUT2D eigenvalue weighted by Crippen LogP contribution is -2.37. The summed E-state index contributed by atoms with van der Waals surface area (Å²) in [5, 5.41) is 10.3. The molecule has 1 saturated carbocycles. The molecule has 0 heterocycles. The molecular weight excluding hydrogens is 246 g/mol. The summed E-state index contributed by atoms with van der Waals surface area (Å²) in [6.45, 7) is 6.27. The van der Waals surface area contributed by atoms with E-state index in [4.69, 9.17) is 5.73 Å². The Hall–Kier alpha value is -0.570. The number of benzene rings is 1. The topological polar surface area (TPSA) is 46.2 Å². The molecule has 0 amide bonds. The Morgan fingerprint density at radius 2 is 1.67 bits per heavy atom. The van der Waals surface area contributed by atoms with E-state index in [0.717, 1.165) is 18.4 Å². The zero-order chi connectivity index (χ0) is 12.6. The molecule has 0 aliphatic heterocycles. The van der Waals surface area contributed by atoms with Crippen molar-refractivity contribution >= 4 is 12.4 Å². The zero-order valence-electron chi connectivity index (χ0n) is 11.4. The summed E-state index contributed by atoms with van der Waals surface area (Å²) in [4.78, 5) is 0. The number of aliphatic hydroxyl groups is 1. The van der Waals surface area contributed by atoms with Crippen LogP contribution in [0.15, 0.2) is 12.1 Å². The van der Waals surface area contributed by atoms with Crippen LogP contribution in [0.4, 0.5) is 0 Å². The van der Waals surface area contributed by atoms with Gasteiger partial charge in [0.2, 0.25) is 0 Å². The van der Waals surface area contributed by atoms with Crippen molar-refractivity contribution in [2.24, 2.45) is 11.7 Å². The molecule has 3 heteroatoms. The van der Waals surface area contributed by atoms with Crippen LogP contribution < -0.4 is 5.73 Å². The molecule has 0 bridgehead atoms. The van der Waals surface area contributed by atoms with E-state index in [-0.39, 0.29) is 24.6 Å². The summed E-state index contributed by atoms with van der Waals surface area (Å²) in [6, 6.07) is 4.06. The minimum Gasteiger partial charge on any atom is -0.391 e. The molecule has 1 aromatic rings. The van der Waals surface area contributed by atoms with Gasteiger partial charge in [0, 0.05) is 0 Å². The third-order valence-electron chi connectivity index (χ3n) is 4.07. The predicted molar refractivity (Wildman–Crippen MR) is 78.2 cm³/mol. The minimum atomic E-state index is -0.385. The molecule has 0 spiro atoms. The Morgan fingerprint density at radius 1 is 1.17 bits per heavy atom. The van der Waals surface area contributed by atoms with E-state index < -0.39 is 0 Å². The Balaban J connectivity index is 0.00000162. The van der Waals surface area contributed by atoms with Crippen LogP contribution in [0, 0.1) is 26.7 Å². The minimum absolute atomic E-state index is 0. The highest BCUT2D eigenvalue weighted by Crippen LogP contribution is 2.35. The van der Waals surface area contributed by atoms with E-state index >= 15 is 0 Å². The Bertz CT molecular complexity index is 392. The molecular formula is C15H24ClNO. The number of halogens is 1. The van der Waals surface area contributed by atoms with E-state index in [1.807, 2.05) is 0 Å². The van der Waals surface area contributed by atoms with Crippen molar-refractivity contribution in [1.29, 1.82) is 0 Å². The van der Waals surface area contributed by atoms with Crippen LogP contribution in [0.25, 0.3) is 0 Å². The molecule has 0 saturated heterocycles. The lowest BCUT2D eigenvalue weighted by atomic mass is 9.76. The van der Waals surface area contributed by atoms with Crippen LogP contribution in [0.2, 0.25) is 0 Å². The normalized spacial score (nSPS) is 18.7. The molecule has 1 aliphatic carbocycles. The fraction of sp³-hybridized carbons (Fsp3) is 0.600. The number of aryl methyl sites for hydroxylation is 3. The third kappa shape index (κ3) is 2.87. The van der Waals surface area contributed by atoms with Crippen LogP contribution >= 0.6 is 12.4 Å². The zero-order valence-corrected chi connectivity index (χ0v) is 12.3. The number of rotatable bonds is 3. The molecule has 18 heavy (non-hydrogen) atoms. The Kier molecular flexibility index (Phi) is 5.20. The average molecular weight is 270 g/mol. The van der Waals surface area contributed by atoms with Gasteiger partial charge in [-0.3, -0.25) is 0 Å². The van der Waals surface area contributed by atoms with E-state index in [1.165, 1.54) is 23.1 Å². The second kappa shape index (κ2) is 6.05. The fourth-order valence-electron chi connectivity index (χ4n) is 2.96. The molecule has 2 rings (SSSR count). The van der Waals surface area contributed by atoms with Crippen LogP contribution in [0.5, 0.6) is 0 Å². The molecule has 0 unspecified atom stereocenters. The summed E-state index contributed by atoms with van der Waals surface area (Å²) >= 11 is 0. The van der Waals surface area contributed by atoms with E-state index in [1.54, 1.807) is 0 Å². The highest BCUT2D eigenvalue weighted by Gasteiger charge is 2.31. The Morgan fingerprint density at radius 3 is 2.06 bits per heavy atom. The first-order valence-electron chi connectivity index (χ1n) is 6.52. The SMILES string of the molecule is Cc1cc(C)c([C@H](N)[C@H](O)C2CCC2)c(C)c1.Cl. The smallest absolute Gasteiger partial charge is 0.0761 e. The van der Waals surface area contributed by atoms with Gasteiger partial charge >= 0.3 is 0 Å². The van der Waals surface area contributed by atoms with Crippen LogP contribution in [-0.2, 0) is 0 Å². The van der Waals surface area contributed by atoms with Gasteiger partial charge < -0.3 is 10.8 Å². The lowest BCUT2D eigenvalue weighted by molar-refractivity contribution is 0.0410. The molecule has 1 fully saturated rings. The summed E-state index contributed by atoms with van der Waals surface area (Å²) in [7, 11) is 0. The van der Waals surface area contributed by atoms with Crippen molar-refractivity contribution in [3.63, 3.8) is 0 Å². The van der Waals surface area contributed by atoms with E-state index in [2.05, 4.69) is 32.9 Å². The van der Waals surface area contributed by atoms with Gasteiger partial charge in [-0.2, -0.15) is 0 Å². The van der Waals surface area contributed by atoms with Crippen molar-refractivity contribution in [2.45, 2.75) is 52.2 Å². The highest BCUT2D eigenvalue weighted by atomic mass is 35.5. The van der Waals surface area contributed by atoms with Gasteiger partial charge in [-0.15, -0.1) is 12.4 Å². The summed E-state index contributed by atoms with van der Waals surface area (Å²) in [5.74, 6) is 0.408. The van der Waals surface area contributed by atoms with E-state index in [0.29, 0.717) is 5.92 Å². The maximum atomic E-state index is 10.3. The third-order valence-corrected chi connectivity index (χ3v) is 4.07. The summed E-state index contributed by atoms with van der Waals surface area (Å²) in [5.41, 5.74) is 11.0. The molecule has 0 radical (unpaired) electrons. The van der Waals surface area contributed by atoms with Gasteiger partial charge in [-0.25, -0.2) is 0 Å². The number of nitrogens with two attached hydrogens (primary N) is 1. The maximum absolute atomic E-state index is 10.3. The molecule has 1 aromatic carbocycles.